The Morgan fingerprint density at radius 3 is 3.00 bits per heavy atom. The van der Waals surface area contributed by atoms with E-state index in [4.69, 9.17) is 0 Å². The highest BCUT2D eigenvalue weighted by Crippen LogP contribution is 2.19. The van der Waals surface area contributed by atoms with Crippen molar-refractivity contribution < 1.29 is 0 Å². The van der Waals surface area contributed by atoms with Gasteiger partial charge >= 0.3 is 0 Å². The average molecular weight is 231 g/mol. The van der Waals surface area contributed by atoms with Crippen LogP contribution in [0.4, 0.5) is 5.95 Å². The van der Waals surface area contributed by atoms with E-state index in [0.717, 1.165) is 36.3 Å². The summed E-state index contributed by atoms with van der Waals surface area (Å²) in [5.41, 5.74) is 2.93. The zero-order chi connectivity index (χ0) is 12.1. The van der Waals surface area contributed by atoms with Gasteiger partial charge in [-0.3, -0.25) is 5.10 Å². The molecule has 0 spiro atoms. The van der Waals surface area contributed by atoms with Gasteiger partial charge in [-0.15, -0.1) is 0 Å². The second-order valence-corrected chi connectivity index (χ2v) is 3.95. The van der Waals surface area contributed by atoms with E-state index >= 15 is 0 Å². The standard InChI is InChI=1S/C12H17N5/c1-3-4-6-13-12-14-7-5-11(16-12)10-8-15-17-9(10)2/h5,7-8H,3-4,6H2,1-2H3,(H,15,17)(H,13,14,16). The summed E-state index contributed by atoms with van der Waals surface area (Å²) in [6.45, 7) is 5.05. The maximum Gasteiger partial charge on any atom is 0.223 e. The Morgan fingerprint density at radius 2 is 2.29 bits per heavy atom. The first kappa shape index (κ1) is 11.6. The molecule has 2 N–H and O–H groups in total. The van der Waals surface area contributed by atoms with E-state index < -0.39 is 0 Å². The van der Waals surface area contributed by atoms with Gasteiger partial charge in [-0.1, -0.05) is 13.3 Å². The summed E-state index contributed by atoms with van der Waals surface area (Å²) in [7, 11) is 0. The summed E-state index contributed by atoms with van der Waals surface area (Å²) >= 11 is 0. The fourth-order valence-corrected chi connectivity index (χ4v) is 1.58. The second-order valence-electron chi connectivity index (χ2n) is 3.95. The van der Waals surface area contributed by atoms with E-state index in [-0.39, 0.29) is 0 Å². The summed E-state index contributed by atoms with van der Waals surface area (Å²) in [5.74, 6) is 0.677. The Balaban J connectivity index is 2.14. The van der Waals surface area contributed by atoms with Gasteiger partial charge < -0.3 is 5.32 Å². The van der Waals surface area contributed by atoms with E-state index in [0.29, 0.717) is 5.95 Å². The maximum absolute atomic E-state index is 4.47. The van der Waals surface area contributed by atoms with Crippen molar-refractivity contribution in [1.29, 1.82) is 0 Å². The van der Waals surface area contributed by atoms with Gasteiger partial charge in [0.2, 0.25) is 5.95 Å². The minimum absolute atomic E-state index is 0.677. The average Bonchev–Trinajstić information content (AvgIpc) is 2.76. The molecule has 17 heavy (non-hydrogen) atoms. The highest BCUT2D eigenvalue weighted by molar-refractivity contribution is 5.61. The first-order valence-electron chi connectivity index (χ1n) is 5.88. The molecule has 0 aromatic carbocycles. The second kappa shape index (κ2) is 5.43. The first-order valence-corrected chi connectivity index (χ1v) is 5.88. The number of aryl methyl sites for hydroxylation is 1. The molecule has 2 rings (SSSR count). The SMILES string of the molecule is CCCCNc1nccc(-c2cn[nH]c2C)n1. The van der Waals surface area contributed by atoms with Crippen LogP contribution in [-0.2, 0) is 0 Å². The van der Waals surface area contributed by atoms with E-state index in [1.54, 1.807) is 12.4 Å². The largest absolute Gasteiger partial charge is 0.354 e. The molecule has 2 aromatic heterocycles. The lowest BCUT2D eigenvalue weighted by atomic mass is 10.2. The molecule has 0 saturated heterocycles. The molecule has 0 bridgehead atoms. The third kappa shape index (κ3) is 2.81. The third-order valence-electron chi connectivity index (χ3n) is 2.57. The van der Waals surface area contributed by atoms with Gasteiger partial charge in [-0.25, -0.2) is 9.97 Å². The van der Waals surface area contributed by atoms with Crippen molar-refractivity contribution in [3.63, 3.8) is 0 Å². The molecular weight excluding hydrogens is 214 g/mol. The minimum atomic E-state index is 0.677. The lowest BCUT2D eigenvalue weighted by Gasteiger charge is -2.05. The number of hydrogen-bond acceptors (Lipinski definition) is 4. The first-order chi connectivity index (χ1) is 8.31. The van der Waals surface area contributed by atoms with Crippen molar-refractivity contribution in [3.05, 3.63) is 24.2 Å². The zero-order valence-electron chi connectivity index (χ0n) is 10.2. The fraction of sp³-hybridized carbons (Fsp3) is 0.417. The molecular formula is C12H17N5. The van der Waals surface area contributed by atoms with Crippen molar-refractivity contribution in [1.82, 2.24) is 20.2 Å². The summed E-state index contributed by atoms with van der Waals surface area (Å²) in [6, 6.07) is 1.89. The van der Waals surface area contributed by atoms with Crippen LogP contribution in [0.1, 0.15) is 25.5 Å². The highest BCUT2D eigenvalue weighted by Gasteiger charge is 2.06. The summed E-state index contributed by atoms with van der Waals surface area (Å²) in [4.78, 5) is 8.66. The molecule has 2 heterocycles. The van der Waals surface area contributed by atoms with Crippen LogP contribution in [-0.4, -0.2) is 26.7 Å². The monoisotopic (exact) mass is 231 g/mol. The summed E-state index contributed by atoms with van der Waals surface area (Å²) in [5, 5.41) is 10.1. The number of nitrogens with zero attached hydrogens (tertiary/aromatic N) is 3. The minimum Gasteiger partial charge on any atom is -0.354 e. The van der Waals surface area contributed by atoms with E-state index in [9.17, 15) is 0 Å². The fourth-order valence-electron chi connectivity index (χ4n) is 1.58. The molecule has 5 nitrogen and oxygen atoms in total. The smallest absolute Gasteiger partial charge is 0.223 e. The summed E-state index contributed by atoms with van der Waals surface area (Å²) in [6.07, 6.45) is 5.84. The number of hydrogen-bond donors (Lipinski definition) is 2. The summed E-state index contributed by atoms with van der Waals surface area (Å²) < 4.78 is 0. The Hall–Kier alpha value is -1.91. The van der Waals surface area contributed by atoms with Crippen LogP contribution in [0.15, 0.2) is 18.5 Å². The lowest BCUT2D eigenvalue weighted by Crippen LogP contribution is -2.05. The Kier molecular flexibility index (Phi) is 3.69. The number of nitrogens with one attached hydrogen (secondary N) is 2. The number of aromatic amines is 1. The number of aromatic nitrogens is 4. The van der Waals surface area contributed by atoms with Crippen LogP contribution >= 0.6 is 0 Å². The molecule has 0 radical (unpaired) electrons. The van der Waals surface area contributed by atoms with Crippen LogP contribution in [0.2, 0.25) is 0 Å². The van der Waals surface area contributed by atoms with Gasteiger partial charge in [0, 0.05) is 24.0 Å². The van der Waals surface area contributed by atoms with Gasteiger partial charge in [0.15, 0.2) is 0 Å². The van der Waals surface area contributed by atoms with Crippen molar-refractivity contribution in [2.75, 3.05) is 11.9 Å². The molecule has 0 unspecified atom stereocenters. The molecule has 0 fully saturated rings. The molecule has 0 aliphatic carbocycles. The predicted octanol–water partition coefficient (Wildman–Crippen LogP) is 2.39. The van der Waals surface area contributed by atoms with Crippen molar-refractivity contribution in [2.45, 2.75) is 26.7 Å². The molecule has 0 aliphatic rings. The normalized spacial score (nSPS) is 10.5. The predicted molar refractivity (Wildman–Crippen MR) is 67.7 cm³/mol. The maximum atomic E-state index is 4.47. The molecule has 2 aromatic rings. The molecule has 0 atom stereocenters. The molecule has 0 saturated carbocycles. The van der Waals surface area contributed by atoms with Crippen LogP contribution in [0, 0.1) is 6.92 Å². The number of unbranched alkanes of at least 4 members (excludes halogenated alkanes) is 1. The van der Waals surface area contributed by atoms with Gasteiger partial charge in [-0.2, -0.15) is 5.10 Å². The quantitative estimate of drug-likeness (QED) is 0.775. The van der Waals surface area contributed by atoms with Crippen LogP contribution < -0.4 is 5.32 Å². The van der Waals surface area contributed by atoms with Crippen molar-refractivity contribution in [2.24, 2.45) is 0 Å². The van der Waals surface area contributed by atoms with Crippen LogP contribution in [0.3, 0.4) is 0 Å². The van der Waals surface area contributed by atoms with Gasteiger partial charge in [0.25, 0.3) is 0 Å². The Morgan fingerprint density at radius 1 is 1.41 bits per heavy atom. The van der Waals surface area contributed by atoms with Crippen LogP contribution in [0.5, 0.6) is 0 Å². The van der Waals surface area contributed by atoms with E-state index in [1.165, 1.54) is 0 Å². The zero-order valence-corrected chi connectivity index (χ0v) is 10.2. The molecule has 0 aliphatic heterocycles. The Labute approximate surface area is 101 Å². The van der Waals surface area contributed by atoms with Crippen molar-refractivity contribution >= 4 is 5.95 Å². The lowest BCUT2D eigenvalue weighted by molar-refractivity contribution is 0.826. The number of anilines is 1. The third-order valence-corrected chi connectivity index (χ3v) is 2.57. The molecule has 90 valence electrons. The topological polar surface area (TPSA) is 66.5 Å². The van der Waals surface area contributed by atoms with Gasteiger partial charge in [0.05, 0.1) is 11.9 Å². The van der Waals surface area contributed by atoms with Gasteiger partial charge in [-0.05, 0) is 19.4 Å². The van der Waals surface area contributed by atoms with E-state index in [2.05, 4.69) is 32.4 Å². The van der Waals surface area contributed by atoms with Crippen LogP contribution in [0.25, 0.3) is 11.3 Å². The highest BCUT2D eigenvalue weighted by atomic mass is 15.1. The molecule has 5 heteroatoms. The molecule has 0 amide bonds. The van der Waals surface area contributed by atoms with E-state index in [1.807, 2.05) is 13.0 Å². The number of rotatable bonds is 5. The van der Waals surface area contributed by atoms with Gasteiger partial charge in [0.1, 0.15) is 0 Å². The van der Waals surface area contributed by atoms with Crippen molar-refractivity contribution in [3.8, 4) is 11.3 Å². The number of H-pyrrole nitrogens is 1. The Bertz CT molecular complexity index is 477.